The maximum atomic E-state index is 12.5. The number of rotatable bonds is 9. The molecule has 0 aliphatic carbocycles. The normalized spacial score (nSPS) is 17.9. The number of ether oxygens (including phenoxy) is 2. The Morgan fingerprint density at radius 1 is 1.00 bits per heavy atom. The summed E-state index contributed by atoms with van der Waals surface area (Å²) in [6.07, 6.45) is 3.56. The minimum atomic E-state index is -0.612. The fraction of sp³-hybridized carbons (Fsp3) is 0.500. The molecule has 10 heteroatoms. The van der Waals surface area contributed by atoms with Gasteiger partial charge in [-0.2, -0.15) is 0 Å². The molecule has 1 unspecified atom stereocenters. The number of aromatic nitrogens is 1. The monoisotopic (exact) mass is 496 g/mol. The van der Waals surface area contributed by atoms with Gasteiger partial charge in [0.05, 0.1) is 32.1 Å². The molecule has 4 rings (SSSR count). The lowest BCUT2D eigenvalue weighted by Gasteiger charge is -2.40. The second-order valence-corrected chi connectivity index (χ2v) is 8.92. The van der Waals surface area contributed by atoms with Crippen LogP contribution in [0, 0.1) is 0 Å². The predicted molar refractivity (Wildman–Crippen MR) is 137 cm³/mol. The van der Waals surface area contributed by atoms with Gasteiger partial charge < -0.3 is 25.0 Å². The third-order valence-corrected chi connectivity index (χ3v) is 6.73. The topological polar surface area (TPSA) is 99.3 Å². The number of pyridine rings is 1. The molecule has 36 heavy (non-hydrogen) atoms. The summed E-state index contributed by atoms with van der Waals surface area (Å²) in [6.45, 7) is 7.84. The Morgan fingerprint density at radius 3 is 2.47 bits per heavy atom. The van der Waals surface area contributed by atoms with Gasteiger partial charge in [0, 0.05) is 71.3 Å². The first-order valence-electron chi connectivity index (χ1n) is 12.5. The van der Waals surface area contributed by atoms with Gasteiger partial charge in [-0.05, 0) is 23.8 Å². The molecule has 2 amide bonds. The van der Waals surface area contributed by atoms with Crippen molar-refractivity contribution in [2.24, 2.45) is 0 Å². The number of hydrogen-bond donors (Lipinski definition) is 2. The van der Waals surface area contributed by atoms with Gasteiger partial charge >= 0.3 is 11.8 Å². The second-order valence-electron chi connectivity index (χ2n) is 8.92. The number of piperazine rings is 1. The lowest BCUT2D eigenvalue weighted by atomic mass is 10.1. The van der Waals surface area contributed by atoms with Crippen molar-refractivity contribution >= 4 is 17.5 Å². The third-order valence-electron chi connectivity index (χ3n) is 6.73. The molecule has 1 aromatic carbocycles. The van der Waals surface area contributed by atoms with E-state index in [-0.39, 0.29) is 6.04 Å². The maximum Gasteiger partial charge on any atom is 0.309 e. The highest BCUT2D eigenvalue weighted by molar-refractivity contribution is 6.35. The minimum Gasteiger partial charge on any atom is -0.495 e. The largest absolute Gasteiger partial charge is 0.495 e. The van der Waals surface area contributed by atoms with E-state index in [1.54, 1.807) is 13.3 Å². The lowest BCUT2D eigenvalue weighted by molar-refractivity contribution is -0.139. The number of amides is 2. The van der Waals surface area contributed by atoms with Crippen molar-refractivity contribution in [1.29, 1.82) is 0 Å². The highest BCUT2D eigenvalue weighted by Crippen LogP contribution is 2.30. The zero-order valence-corrected chi connectivity index (χ0v) is 20.9. The molecule has 194 valence electrons. The smallest absolute Gasteiger partial charge is 0.309 e. The average Bonchev–Trinajstić information content (AvgIpc) is 2.94. The molecular weight excluding hydrogens is 460 g/mol. The van der Waals surface area contributed by atoms with Crippen LogP contribution >= 0.6 is 0 Å². The summed E-state index contributed by atoms with van der Waals surface area (Å²) in [4.78, 5) is 36.0. The van der Waals surface area contributed by atoms with Gasteiger partial charge in [0.2, 0.25) is 0 Å². The maximum absolute atomic E-state index is 12.5. The summed E-state index contributed by atoms with van der Waals surface area (Å²) >= 11 is 0. The van der Waals surface area contributed by atoms with E-state index in [2.05, 4.69) is 36.4 Å². The molecule has 2 aliphatic rings. The molecule has 10 nitrogen and oxygen atoms in total. The number of morpholine rings is 1. The highest BCUT2D eigenvalue weighted by atomic mass is 16.5. The number of nitrogens with one attached hydrogen (secondary N) is 2. The summed E-state index contributed by atoms with van der Waals surface area (Å²) in [5.41, 5.74) is 2.09. The van der Waals surface area contributed by atoms with Crippen LogP contribution in [0.1, 0.15) is 11.6 Å². The molecule has 0 spiro atoms. The van der Waals surface area contributed by atoms with Gasteiger partial charge in [0.1, 0.15) is 5.75 Å². The van der Waals surface area contributed by atoms with E-state index >= 15 is 0 Å². The van der Waals surface area contributed by atoms with E-state index in [0.717, 1.165) is 56.3 Å². The number of carbonyl (C=O) groups excluding carboxylic acids is 2. The van der Waals surface area contributed by atoms with Crippen LogP contribution in [-0.2, 0) is 14.3 Å². The van der Waals surface area contributed by atoms with Crippen molar-refractivity contribution < 1.29 is 19.1 Å². The van der Waals surface area contributed by atoms with Gasteiger partial charge in [-0.1, -0.05) is 18.2 Å². The first-order valence-corrected chi connectivity index (χ1v) is 12.5. The molecule has 0 radical (unpaired) electrons. The third kappa shape index (κ3) is 6.93. The first-order chi connectivity index (χ1) is 17.7. The molecule has 3 heterocycles. The van der Waals surface area contributed by atoms with E-state index in [9.17, 15) is 9.59 Å². The fourth-order valence-corrected chi connectivity index (χ4v) is 4.70. The molecule has 0 saturated carbocycles. The lowest BCUT2D eigenvalue weighted by Crippen LogP contribution is -2.51. The number of carbonyl (C=O) groups is 2. The summed E-state index contributed by atoms with van der Waals surface area (Å²) in [5, 5.41) is 5.57. The van der Waals surface area contributed by atoms with Gasteiger partial charge in [0.15, 0.2) is 0 Å². The second kappa shape index (κ2) is 13.2. The molecule has 2 N–H and O–H groups in total. The van der Waals surface area contributed by atoms with Crippen LogP contribution in [0.25, 0.3) is 0 Å². The molecule has 0 bridgehead atoms. The van der Waals surface area contributed by atoms with E-state index in [1.807, 2.05) is 36.5 Å². The van der Waals surface area contributed by atoms with Crippen LogP contribution in [0.3, 0.4) is 0 Å². The molecule has 2 aliphatic heterocycles. The molecule has 2 aromatic rings. The van der Waals surface area contributed by atoms with Crippen molar-refractivity contribution in [1.82, 2.24) is 25.4 Å². The van der Waals surface area contributed by atoms with E-state index in [1.165, 1.54) is 0 Å². The van der Waals surface area contributed by atoms with Gasteiger partial charge in [-0.15, -0.1) is 0 Å². The molecule has 2 fully saturated rings. The van der Waals surface area contributed by atoms with Crippen LogP contribution in [0.2, 0.25) is 0 Å². The summed E-state index contributed by atoms with van der Waals surface area (Å²) in [5.74, 6) is -0.352. The number of hydrogen-bond acceptors (Lipinski definition) is 8. The number of para-hydroxylation sites is 2. The van der Waals surface area contributed by atoms with Gasteiger partial charge in [-0.25, -0.2) is 0 Å². The zero-order valence-electron chi connectivity index (χ0n) is 20.9. The summed E-state index contributed by atoms with van der Waals surface area (Å²) in [6, 6.07) is 11.9. The standard InChI is InChI=1S/C26H36N6O4/c1-35-24-7-3-2-6-22(24)31-11-13-32(14-12-31)23(21-5-4-8-27-19-21)20-29-26(34)25(33)28-9-10-30-15-17-36-18-16-30/h2-8,19,23H,9-18,20H2,1H3,(H,28,33)(H,29,34). The average molecular weight is 497 g/mol. The molecule has 1 atom stereocenters. The fourth-order valence-electron chi connectivity index (χ4n) is 4.70. The molecule has 1 aromatic heterocycles. The van der Waals surface area contributed by atoms with E-state index in [0.29, 0.717) is 32.8 Å². The van der Waals surface area contributed by atoms with Crippen molar-refractivity contribution in [2.75, 3.05) is 84.1 Å². The van der Waals surface area contributed by atoms with Crippen LogP contribution in [0.15, 0.2) is 48.8 Å². The van der Waals surface area contributed by atoms with Crippen LogP contribution < -0.4 is 20.3 Å². The van der Waals surface area contributed by atoms with Crippen molar-refractivity contribution in [3.05, 3.63) is 54.4 Å². The SMILES string of the molecule is COc1ccccc1N1CCN(C(CNC(=O)C(=O)NCCN2CCOCC2)c2cccnc2)CC1. The Bertz CT molecular complexity index is 977. The number of nitrogens with zero attached hydrogens (tertiary/aromatic N) is 4. The van der Waals surface area contributed by atoms with Crippen LogP contribution in [0.5, 0.6) is 5.75 Å². The highest BCUT2D eigenvalue weighted by Gasteiger charge is 2.27. The molecule has 2 saturated heterocycles. The van der Waals surface area contributed by atoms with Crippen molar-refractivity contribution in [3.63, 3.8) is 0 Å². The van der Waals surface area contributed by atoms with E-state index < -0.39 is 11.8 Å². The quantitative estimate of drug-likeness (QED) is 0.485. The Morgan fingerprint density at radius 2 is 1.75 bits per heavy atom. The van der Waals surface area contributed by atoms with Crippen molar-refractivity contribution in [3.8, 4) is 5.75 Å². The predicted octanol–water partition coefficient (Wildman–Crippen LogP) is 0.518. The Hall–Kier alpha value is -3.21. The number of methoxy groups -OCH3 is 1. The molecular formula is C26H36N6O4. The zero-order chi connectivity index (χ0) is 25.2. The van der Waals surface area contributed by atoms with Crippen LogP contribution in [-0.4, -0.2) is 106 Å². The Balaban J connectivity index is 1.31. The number of anilines is 1. The Labute approximate surface area is 212 Å². The summed E-state index contributed by atoms with van der Waals surface area (Å²) in [7, 11) is 1.69. The van der Waals surface area contributed by atoms with Crippen molar-refractivity contribution in [2.45, 2.75) is 6.04 Å². The number of benzene rings is 1. The van der Waals surface area contributed by atoms with Gasteiger partial charge in [-0.3, -0.25) is 24.4 Å². The van der Waals surface area contributed by atoms with Gasteiger partial charge in [0.25, 0.3) is 0 Å². The Kier molecular flexibility index (Phi) is 9.48. The van der Waals surface area contributed by atoms with Crippen LogP contribution in [0.4, 0.5) is 5.69 Å². The minimum absolute atomic E-state index is 0.0800. The van der Waals surface area contributed by atoms with E-state index in [4.69, 9.17) is 9.47 Å². The first kappa shape index (κ1) is 25.9. The summed E-state index contributed by atoms with van der Waals surface area (Å²) < 4.78 is 10.9.